The molecule has 0 N–H and O–H groups in total. The Morgan fingerprint density at radius 2 is 2.00 bits per heavy atom. The van der Waals surface area contributed by atoms with Crippen LogP contribution in [0.4, 0.5) is 0 Å². The summed E-state index contributed by atoms with van der Waals surface area (Å²) in [6.07, 6.45) is 1.62. The van der Waals surface area contributed by atoms with Gasteiger partial charge in [0, 0.05) is 6.42 Å². The zero-order valence-electron chi connectivity index (χ0n) is 9.40. The number of allylic oxidation sites excluding steroid dienone is 2. The Morgan fingerprint density at radius 1 is 1.46 bits per heavy atom. The summed E-state index contributed by atoms with van der Waals surface area (Å²) in [5.41, 5.74) is 2.58. The molecule has 74 valence electrons. The monoisotopic (exact) mass is 180 g/mol. The minimum absolute atomic E-state index is 0.208. The quantitative estimate of drug-likeness (QED) is 0.605. The zero-order chi connectivity index (χ0) is 10.2. The van der Waals surface area contributed by atoms with Crippen LogP contribution < -0.4 is 0 Å². The van der Waals surface area contributed by atoms with Crippen LogP contribution in [0, 0.1) is 11.3 Å². The Labute approximate surface area is 81.2 Å². The van der Waals surface area contributed by atoms with E-state index < -0.39 is 0 Å². The molecule has 1 nitrogen and oxygen atoms in total. The number of Topliss-reactive ketones (excluding diaryl/α,β-unsaturated/α-hetero) is 1. The van der Waals surface area contributed by atoms with Gasteiger partial charge in [0.15, 0.2) is 5.78 Å². The van der Waals surface area contributed by atoms with E-state index in [9.17, 15) is 4.79 Å². The summed E-state index contributed by atoms with van der Waals surface area (Å²) >= 11 is 0. The standard InChI is InChI=1S/C12H20O/c1-6-10-9(3)12(4,5)8(2)7-11(10)13/h8H,6-7H2,1-5H3. The molecular weight excluding hydrogens is 160 g/mol. The van der Waals surface area contributed by atoms with Gasteiger partial charge in [0.25, 0.3) is 0 Å². The molecule has 0 saturated carbocycles. The van der Waals surface area contributed by atoms with E-state index in [0.29, 0.717) is 11.7 Å². The van der Waals surface area contributed by atoms with Gasteiger partial charge in [0.1, 0.15) is 0 Å². The molecule has 0 amide bonds. The van der Waals surface area contributed by atoms with Crippen molar-refractivity contribution in [3.63, 3.8) is 0 Å². The second-order valence-electron chi connectivity index (χ2n) is 4.71. The van der Waals surface area contributed by atoms with Gasteiger partial charge in [-0.3, -0.25) is 4.79 Å². The van der Waals surface area contributed by atoms with Crippen LogP contribution in [0.5, 0.6) is 0 Å². The average molecular weight is 180 g/mol. The molecule has 0 aliphatic heterocycles. The third-order valence-electron chi connectivity index (χ3n) is 3.83. The Balaban J connectivity index is 3.17. The smallest absolute Gasteiger partial charge is 0.159 e. The lowest BCUT2D eigenvalue weighted by atomic mass is 9.66. The van der Waals surface area contributed by atoms with Crippen LogP contribution in [-0.4, -0.2) is 5.78 Å². The van der Waals surface area contributed by atoms with Gasteiger partial charge < -0.3 is 0 Å². The lowest BCUT2D eigenvalue weighted by molar-refractivity contribution is -0.118. The fourth-order valence-corrected chi connectivity index (χ4v) is 2.09. The lowest BCUT2D eigenvalue weighted by Crippen LogP contribution is -2.32. The van der Waals surface area contributed by atoms with Gasteiger partial charge in [-0.05, 0) is 30.3 Å². The third kappa shape index (κ3) is 1.56. The summed E-state index contributed by atoms with van der Waals surface area (Å²) in [4.78, 5) is 11.7. The minimum Gasteiger partial charge on any atom is -0.295 e. The second kappa shape index (κ2) is 3.28. The largest absolute Gasteiger partial charge is 0.295 e. The number of rotatable bonds is 1. The highest BCUT2D eigenvalue weighted by molar-refractivity contribution is 5.97. The summed E-state index contributed by atoms with van der Waals surface area (Å²) in [5.74, 6) is 0.849. The molecule has 0 spiro atoms. The Bertz CT molecular complexity index is 258. The molecule has 0 heterocycles. The maximum atomic E-state index is 11.7. The highest BCUT2D eigenvalue weighted by atomic mass is 16.1. The molecule has 1 unspecified atom stereocenters. The van der Waals surface area contributed by atoms with E-state index in [2.05, 4.69) is 34.6 Å². The van der Waals surface area contributed by atoms with E-state index in [1.54, 1.807) is 0 Å². The van der Waals surface area contributed by atoms with Crippen LogP contribution in [0.25, 0.3) is 0 Å². The summed E-state index contributed by atoms with van der Waals surface area (Å²) in [7, 11) is 0. The summed E-state index contributed by atoms with van der Waals surface area (Å²) in [6.45, 7) is 10.9. The maximum absolute atomic E-state index is 11.7. The summed E-state index contributed by atoms with van der Waals surface area (Å²) in [6, 6.07) is 0. The van der Waals surface area contributed by atoms with Crippen LogP contribution in [0.2, 0.25) is 0 Å². The molecule has 1 atom stereocenters. The van der Waals surface area contributed by atoms with Crippen LogP contribution >= 0.6 is 0 Å². The van der Waals surface area contributed by atoms with Crippen LogP contribution in [0.15, 0.2) is 11.1 Å². The van der Waals surface area contributed by atoms with Gasteiger partial charge in [-0.15, -0.1) is 0 Å². The first-order valence-electron chi connectivity index (χ1n) is 5.14. The fourth-order valence-electron chi connectivity index (χ4n) is 2.09. The molecule has 1 aliphatic rings. The van der Waals surface area contributed by atoms with Gasteiger partial charge in [-0.25, -0.2) is 0 Å². The van der Waals surface area contributed by atoms with E-state index in [1.165, 1.54) is 5.57 Å². The Kier molecular flexibility index (Phi) is 2.65. The molecular formula is C12H20O. The van der Waals surface area contributed by atoms with Gasteiger partial charge in [0.2, 0.25) is 0 Å². The van der Waals surface area contributed by atoms with Crippen molar-refractivity contribution in [3.05, 3.63) is 11.1 Å². The lowest BCUT2D eigenvalue weighted by Gasteiger charge is -2.38. The molecule has 0 saturated heterocycles. The normalized spacial score (nSPS) is 28.1. The molecule has 0 fully saturated rings. The number of carbonyl (C=O) groups excluding carboxylic acids is 1. The third-order valence-corrected chi connectivity index (χ3v) is 3.83. The Hall–Kier alpha value is -0.590. The first kappa shape index (κ1) is 10.5. The van der Waals surface area contributed by atoms with Crippen molar-refractivity contribution in [3.8, 4) is 0 Å². The SMILES string of the molecule is CCC1=C(C)C(C)(C)C(C)CC1=O. The topological polar surface area (TPSA) is 17.1 Å². The fraction of sp³-hybridized carbons (Fsp3) is 0.750. The highest BCUT2D eigenvalue weighted by Crippen LogP contribution is 2.43. The van der Waals surface area contributed by atoms with Gasteiger partial charge in [0.05, 0.1) is 0 Å². The molecule has 0 radical (unpaired) electrons. The highest BCUT2D eigenvalue weighted by Gasteiger charge is 2.36. The molecule has 1 aliphatic carbocycles. The Morgan fingerprint density at radius 3 is 2.46 bits per heavy atom. The van der Waals surface area contributed by atoms with Crippen molar-refractivity contribution in [2.24, 2.45) is 11.3 Å². The predicted molar refractivity (Wildman–Crippen MR) is 55.6 cm³/mol. The van der Waals surface area contributed by atoms with Crippen LogP contribution in [0.1, 0.15) is 47.5 Å². The number of ketones is 1. The van der Waals surface area contributed by atoms with E-state index in [-0.39, 0.29) is 5.41 Å². The van der Waals surface area contributed by atoms with E-state index in [1.807, 2.05) is 0 Å². The van der Waals surface area contributed by atoms with Gasteiger partial charge >= 0.3 is 0 Å². The first-order chi connectivity index (χ1) is 5.91. The summed E-state index contributed by atoms with van der Waals surface area (Å²) < 4.78 is 0. The minimum atomic E-state index is 0.208. The van der Waals surface area contributed by atoms with Crippen molar-refractivity contribution in [2.45, 2.75) is 47.5 Å². The van der Waals surface area contributed by atoms with Crippen molar-refractivity contribution in [2.75, 3.05) is 0 Å². The summed E-state index contributed by atoms with van der Waals surface area (Å²) in [5, 5.41) is 0. The second-order valence-corrected chi connectivity index (χ2v) is 4.71. The van der Waals surface area contributed by atoms with E-state index in [4.69, 9.17) is 0 Å². The molecule has 0 aromatic rings. The molecule has 0 aromatic carbocycles. The number of carbonyl (C=O) groups is 1. The maximum Gasteiger partial charge on any atom is 0.159 e. The zero-order valence-corrected chi connectivity index (χ0v) is 9.40. The van der Waals surface area contributed by atoms with Crippen molar-refractivity contribution >= 4 is 5.78 Å². The predicted octanol–water partition coefficient (Wildman–Crippen LogP) is 3.35. The van der Waals surface area contributed by atoms with E-state index in [0.717, 1.165) is 18.4 Å². The molecule has 0 bridgehead atoms. The average Bonchev–Trinajstić information content (AvgIpc) is 2.03. The first-order valence-corrected chi connectivity index (χ1v) is 5.14. The van der Waals surface area contributed by atoms with Crippen molar-refractivity contribution in [1.82, 2.24) is 0 Å². The van der Waals surface area contributed by atoms with Crippen LogP contribution in [0.3, 0.4) is 0 Å². The van der Waals surface area contributed by atoms with Crippen LogP contribution in [-0.2, 0) is 4.79 Å². The number of hydrogen-bond acceptors (Lipinski definition) is 1. The van der Waals surface area contributed by atoms with Gasteiger partial charge in [-0.1, -0.05) is 33.3 Å². The molecule has 0 aromatic heterocycles. The molecule has 13 heavy (non-hydrogen) atoms. The molecule has 1 heteroatoms. The van der Waals surface area contributed by atoms with E-state index >= 15 is 0 Å². The molecule has 1 rings (SSSR count). The van der Waals surface area contributed by atoms with Crippen molar-refractivity contribution < 1.29 is 4.79 Å². The van der Waals surface area contributed by atoms with Crippen molar-refractivity contribution in [1.29, 1.82) is 0 Å². The van der Waals surface area contributed by atoms with Gasteiger partial charge in [-0.2, -0.15) is 0 Å². The number of hydrogen-bond donors (Lipinski definition) is 0.